The number of para-hydroxylation sites is 2. The maximum Gasteiger partial charge on any atom is 0.308 e. The fourth-order valence-corrected chi connectivity index (χ4v) is 4.17. The number of hydrogen-bond acceptors (Lipinski definition) is 7. The molecule has 0 heterocycles. The second kappa shape index (κ2) is 10.9. The monoisotopic (exact) mass is 477 g/mol. The molecule has 0 aromatic heterocycles. The summed E-state index contributed by atoms with van der Waals surface area (Å²) in [7, 11) is -3.82. The van der Waals surface area contributed by atoms with Crippen molar-refractivity contribution in [3.63, 3.8) is 0 Å². The number of carbonyl (C=O) groups excluding carboxylic acids is 2. The van der Waals surface area contributed by atoms with E-state index in [4.69, 9.17) is 4.74 Å². The number of hydrogen-bond donors (Lipinski definition) is 1. The Bertz CT molecular complexity index is 1130. The summed E-state index contributed by atoms with van der Waals surface area (Å²) in [4.78, 5) is 36.1. The van der Waals surface area contributed by atoms with Crippen LogP contribution in [0.4, 0.5) is 11.4 Å². The van der Waals surface area contributed by atoms with Crippen molar-refractivity contribution in [1.82, 2.24) is 5.32 Å². The molecule has 0 radical (unpaired) electrons. The molecule has 0 aliphatic heterocycles. The van der Waals surface area contributed by atoms with E-state index in [1.165, 1.54) is 18.2 Å². The van der Waals surface area contributed by atoms with Crippen molar-refractivity contribution in [1.29, 1.82) is 0 Å². The largest absolute Gasteiger partial charge is 0.463 e. The van der Waals surface area contributed by atoms with Crippen molar-refractivity contribution >= 4 is 33.3 Å². The van der Waals surface area contributed by atoms with E-state index in [0.717, 1.165) is 10.6 Å². The van der Waals surface area contributed by atoms with Gasteiger partial charge in [0, 0.05) is 6.07 Å². The quantitative estimate of drug-likeness (QED) is 0.316. The van der Waals surface area contributed by atoms with Gasteiger partial charge in [0.15, 0.2) is 0 Å². The second-order valence-electron chi connectivity index (χ2n) is 7.73. The number of nitro benzene ring substituents is 1. The molecule has 11 heteroatoms. The number of nitrogens with zero attached hydrogens (tertiary/aromatic N) is 2. The van der Waals surface area contributed by atoms with Crippen LogP contribution in [-0.4, -0.2) is 44.1 Å². The molecule has 0 aliphatic rings. The molecule has 1 unspecified atom stereocenters. The Kier molecular flexibility index (Phi) is 8.52. The van der Waals surface area contributed by atoms with Crippen LogP contribution in [0.5, 0.6) is 0 Å². The van der Waals surface area contributed by atoms with Crippen LogP contribution < -0.4 is 9.62 Å². The third kappa shape index (κ3) is 7.28. The van der Waals surface area contributed by atoms with Gasteiger partial charge in [-0.1, -0.05) is 36.4 Å². The molecule has 1 amide bonds. The van der Waals surface area contributed by atoms with Crippen LogP contribution in [0.2, 0.25) is 0 Å². The first-order valence-corrected chi connectivity index (χ1v) is 12.0. The first kappa shape index (κ1) is 25.8. The van der Waals surface area contributed by atoms with E-state index < -0.39 is 45.5 Å². The van der Waals surface area contributed by atoms with Gasteiger partial charge in [0.1, 0.15) is 6.54 Å². The topological polar surface area (TPSA) is 136 Å². The Morgan fingerprint density at radius 2 is 1.73 bits per heavy atom. The van der Waals surface area contributed by atoms with Crippen molar-refractivity contribution in [2.75, 3.05) is 17.1 Å². The maximum atomic E-state index is 12.9. The zero-order valence-corrected chi connectivity index (χ0v) is 19.7. The molecule has 10 nitrogen and oxygen atoms in total. The first-order valence-electron chi connectivity index (χ1n) is 10.2. The minimum absolute atomic E-state index is 0.110. The lowest BCUT2D eigenvalue weighted by Gasteiger charge is -2.25. The fraction of sp³-hybridized carbons (Fsp3) is 0.364. The average Bonchev–Trinajstić information content (AvgIpc) is 2.70. The molecule has 0 aliphatic carbocycles. The molecular formula is C22H27N3O7S. The first-order chi connectivity index (χ1) is 15.4. The van der Waals surface area contributed by atoms with Gasteiger partial charge in [0.2, 0.25) is 15.9 Å². The summed E-state index contributed by atoms with van der Waals surface area (Å²) in [6.07, 6.45) is 0.200. The number of aryl methyl sites for hydroxylation is 1. The van der Waals surface area contributed by atoms with Crippen molar-refractivity contribution in [3.05, 3.63) is 69.8 Å². The lowest BCUT2D eigenvalue weighted by Crippen LogP contribution is -2.42. The highest BCUT2D eigenvalue weighted by Gasteiger charge is 2.29. The van der Waals surface area contributed by atoms with Gasteiger partial charge in [0.05, 0.1) is 41.0 Å². The Labute approximate surface area is 192 Å². The zero-order valence-electron chi connectivity index (χ0n) is 18.8. The number of nitro groups is 1. The van der Waals surface area contributed by atoms with Crippen LogP contribution in [0.1, 0.15) is 37.4 Å². The number of esters is 1. The minimum atomic E-state index is -3.82. The van der Waals surface area contributed by atoms with Crippen LogP contribution in [-0.2, 0) is 24.3 Å². The van der Waals surface area contributed by atoms with E-state index in [-0.39, 0.29) is 17.7 Å². The Balaban J connectivity index is 2.37. The van der Waals surface area contributed by atoms with Crippen LogP contribution in [0, 0.1) is 17.0 Å². The van der Waals surface area contributed by atoms with Crippen molar-refractivity contribution in [2.24, 2.45) is 0 Å². The smallest absolute Gasteiger partial charge is 0.308 e. The predicted molar refractivity (Wildman–Crippen MR) is 123 cm³/mol. The molecule has 2 aromatic carbocycles. The predicted octanol–water partition coefficient (Wildman–Crippen LogP) is 2.87. The number of nitrogens with one attached hydrogen (secondary N) is 1. The van der Waals surface area contributed by atoms with E-state index in [0.29, 0.717) is 11.3 Å². The van der Waals surface area contributed by atoms with Crippen molar-refractivity contribution < 1.29 is 27.7 Å². The van der Waals surface area contributed by atoms with Crippen LogP contribution in [0.25, 0.3) is 0 Å². The third-order valence-electron chi connectivity index (χ3n) is 4.65. The van der Waals surface area contributed by atoms with Gasteiger partial charge >= 0.3 is 5.97 Å². The van der Waals surface area contributed by atoms with Gasteiger partial charge in [0.25, 0.3) is 5.69 Å². The Morgan fingerprint density at radius 3 is 2.30 bits per heavy atom. The molecule has 0 fully saturated rings. The highest BCUT2D eigenvalue weighted by Crippen LogP contribution is 2.28. The molecule has 2 rings (SSSR count). The normalized spacial score (nSPS) is 12.2. The molecular weight excluding hydrogens is 450 g/mol. The average molecular weight is 478 g/mol. The van der Waals surface area contributed by atoms with Gasteiger partial charge in [-0.15, -0.1) is 0 Å². The summed E-state index contributed by atoms with van der Waals surface area (Å²) < 4.78 is 30.9. The molecule has 0 spiro atoms. The summed E-state index contributed by atoms with van der Waals surface area (Å²) >= 11 is 0. The van der Waals surface area contributed by atoms with E-state index in [1.807, 2.05) is 0 Å². The summed E-state index contributed by atoms with van der Waals surface area (Å²) in [5, 5.41) is 14.1. The van der Waals surface area contributed by atoms with Gasteiger partial charge < -0.3 is 10.1 Å². The summed E-state index contributed by atoms with van der Waals surface area (Å²) in [5.41, 5.74) is 0.806. The number of benzene rings is 2. The molecule has 1 atom stereocenters. The fourth-order valence-electron chi connectivity index (χ4n) is 3.26. The molecule has 2 aromatic rings. The third-order valence-corrected chi connectivity index (χ3v) is 5.78. The molecule has 33 heavy (non-hydrogen) atoms. The highest BCUT2D eigenvalue weighted by molar-refractivity contribution is 7.92. The zero-order chi connectivity index (χ0) is 24.8. The van der Waals surface area contributed by atoms with E-state index in [9.17, 15) is 28.1 Å². The summed E-state index contributed by atoms with van der Waals surface area (Å²) in [5.74, 6) is -1.39. The number of rotatable bonds is 10. The molecule has 178 valence electrons. The highest BCUT2D eigenvalue weighted by atomic mass is 32.2. The Morgan fingerprint density at radius 1 is 1.12 bits per heavy atom. The van der Waals surface area contributed by atoms with Crippen LogP contribution >= 0.6 is 0 Å². The maximum absolute atomic E-state index is 12.9. The number of anilines is 1. The van der Waals surface area contributed by atoms with Gasteiger partial charge in [-0.25, -0.2) is 8.42 Å². The van der Waals surface area contributed by atoms with E-state index >= 15 is 0 Å². The van der Waals surface area contributed by atoms with Gasteiger partial charge in [-0.05, 0) is 32.4 Å². The Hall–Kier alpha value is -3.47. The molecule has 0 saturated heterocycles. The SMILES string of the molecule is Cc1ccccc1N(CC(=O)NC(CC(=O)OC(C)C)c1ccccc1[N+](=O)[O-])S(C)(=O)=O. The second-order valence-corrected chi connectivity index (χ2v) is 9.64. The molecule has 0 bridgehead atoms. The summed E-state index contributed by atoms with van der Waals surface area (Å²) in [6, 6.07) is 11.3. The number of ether oxygens (including phenoxy) is 1. The van der Waals surface area contributed by atoms with Crippen molar-refractivity contribution in [3.8, 4) is 0 Å². The number of carbonyl (C=O) groups is 2. The van der Waals surface area contributed by atoms with Crippen LogP contribution in [0.15, 0.2) is 48.5 Å². The minimum Gasteiger partial charge on any atom is -0.463 e. The van der Waals surface area contributed by atoms with Gasteiger partial charge in [-0.2, -0.15) is 0 Å². The van der Waals surface area contributed by atoms with Gasteiger partial charge in [-0.3, -0.25) is 24.0 Å². The number of sulfonamides is 1. The lowest BCUT2D eigenvalue weighted by atomic mass is 10.0. The molecule has 0 saturated carbocycles. The standard InChI is InChI=1S/C22H27N3O7S/c1-15(2)32-22(27)13-18(17-10-6-8-12-20(17)25(28)29)23-21(26)14-24(33(4,30)31)19-11-7-5-9-16(19)3/h5-12,15,18H,13-14H2,1-4H3,(H,23,26). The molecule has 1 N–H and O–H groups in total. The van der Waals surface area contributed by atoms with E-state index in [2.05, 4.69) is 5.32 Å². The van der Waals surface area contributed by atoms with Crippen molar-refractivity contribution in [2.45, 2.75) is 39.3 Å². The number of amides is 1. The van der Waals surface area contributed by atoms with Crippen LogP contribution in [0.3, 0.4) is 0 Å². The summed E-state index contributed by atoms with van der Waals surface area (Å²) in [6.45, 7) is 4.45. The lowest BCUT2D eigenvalue weighted by molar-refractivity contribution is -0.385. The van der Waals surface area contributed by atoms with E-state index in [1.54, 1.807) is 51.1 Å².